The zero-order valence-electron chi connectivity index (χ0n) is 10.2. The largest absolute Gasteiger partial charge is 0.416 e. The van der Waals surface area contributed by atoms with Gasteiger partial charge in [-0.3, -0.25) is 5.43 Å². The highest BCUT2D eigenvalue weighted by molar-refractivity contribution is 9.10. The predicted octanol–water partition coefficient (Wildman–Crippen LogP) is 3.43. The van der Waals surface area contributed by atoms with Gasteiger partial charge in [-0.2, -0.15) is 18.2 Å². The Kier molecular flexibility index (Phi) is 4.28. The van der Waals surface area contributed by atoms with E-state index in [4.69, 9.17) is 5.84 Å². The fourth-order valence-corrected chi connectivity index (χ4v) is 1.74. The number of aromatic nitrogens is 2. The summed E-state index contributed by atoms with van der Waals surface area (Å²) in [5.41, 5.74) is 0.827. The number of alkyl halides is 3. The number of hydrogen-bond acceptors (Lipinski definition) is 5. The van der Waals surface area contributed by atoms with Crippen LogP contribution >= 0.6 is 15.9 Å². The van der Waals surface area contributed by atoms with Crippen LogP contribution < -0.4 is 16.6 Å². The van der Waals surface area contributed by atoms with Gasteiger partial charge in [0, 0.05) is 6.20 Å². The minimum absolute atomic E-state index is 0.0214. The van der Waals surface area contributed by atoms with Crippen LogP contribution in [0, 0.1) is 5.82 Å². The maximum absolute atomic E-state index is 13.6. The summed E-state index contributed by atoms with van der Waals surface area (Å²) in [4.78, 5) is 7.64. The minimum atomic E-state index is -4.57. The summed E-state index contributed by atoms with van der Waals surface area (Å²) in [6.07, 6.45) is -3.26. The molecule has 10 heteroatoms. The van der Waals surface area contributed by atoms with Gasteiger partial charge in [0.05, 0.1) is 15.7 Å². The number of nitrogens with one attached hydrogen (secondary N) is 2. The summed E-state index contributed by atoms with van der Waals surface area (Å²) in [5.74, 6) is 4.37. The van der Waals surface area contributed by atoms with E-state index >= 15 is 0 Å². The Bertz CT molecular complexity index is 662. The van der Waals surface area contributed by atoms with Crippen molar-refractivity contribution in [1.82, 2.24) is 9.97 Å². The van der Waals surface area contributed by atoms with E-state index in [0.717, 1.165) is 6.07 Å². The standard InChI is InChI=1S/C11H8BrF4N5/c12-6-4-18-10(21-17)20-9(6)19-8-3-5(11(14,15)16)1-2-7(8)13/h1-4H,17H2,(H2,18,19,20,21). The zero-order chi connectivity index (χ0) is 15.6. The molecule has 21 heavy (non-hydrogen) atoms. The summed E-state index contributed by atoms with van der Waals surface area (Å²) in [5, 5.41) is 2.46. The molecule has 1 aromatic carbocycles. The van der Waals surface area contributed by atoms with Gasteiger partial charge >= 0.3 is 6.18 Å². The molecule has 0 saturated carbocycles. The first-order valence-electron chi connectivity index (χ1n) is 5.44. The third-order valence-electron chi connectivity index (χ3n) is 2.42. The lowest BCUT2D eigenvalue weighted by Crippen LogP contribution is -2.12. The van der Waals surface area contributed by atoms with E-state index in [0.29, 0.717) is 16.6 Å². The second-order valence-electron chi connectivity index (χ2n) is 3.85. The van der Waals surface area contributed by atoms with Crippen molar-refractivity contribution in [3.8, 4) is 0 Å². The Labute approximate surface area is 124 Å². The molecule has 0 saturated heterocycles. The molecule has 0 spiro atoms. The Balaban J connectivity index is 2.39. The second-order valence-corrected chi connectivity index (χ2v) is 4.71. The zero-order valence-corrected chi connectivity index (χ0v) is 11.8. The Morgan fingerprint density at radius 1 is 1.24 bits per heavy atom. The molecular weight excluding hydrogens is 358 g/mol. The van der Waals surface area contributed by atoms with E-state index in [1.807, 2.05) is 0 Å². The van der Waals surface area contributed by atoms with E-state index in [1.54, 1.807) is 0 Å². The number of nitrogens with zero attached hydrogens (tertiary/aromatic N) is 2. The van der Waals surface area contributed by atoms with Gasteiger partial charge < -0.3 is 5.32 Å². The summed E-state index contributed by atoms with van der Waals surface area (Å²) >= 11 is 3.10. The van der Waals surface area contributed by atoms with Crippen molar-refractivity contribution in [3.05, 3.63) is 40.2 Å². The van der Waals surface area contributed by atoms with Gasteiger partial charge in [0.1, 0.15) is 5.82 Å². The summed E-state index contributed by atoms with van der Waals surface area (Å²) in [6.45, 7) is 0. The van der Waals surface area contributed by atoms with E-state index in [-0.39, 0.29) is 17.5 Å². The van der Waals surface area contributed by atoms with Crippen molar-refractivity contribution in [1.29, 1.82) is 0 Å². The van der Waals surface area contributed by atoms with Crippen LogP contribution in [0.3, 0.4) is 0 Å². The molecule has 2 aromatic rings. The van der Waals surface area contributed by atoms with Gasteiger partial charge in [-0.05, 0) is 34.1 Å². The summed E-state index contributed by atoms with van der Waals surface area (Å²) in [6, 6.07) is 2.03. The Morgan fingerprint density at radius 2 is 1.95 bits per heavy atom. The third-order valence-corrected chi connectivity index (χ3v) is 3.00. The molecular formula is C11H8BrF4N5. The Hall–Kier alpha value is -1.94. The molecule has 0 radical (unpaired) electrons. The fourth-order valence-electron chi connectivity index (χ4n) is 1.45. The molecule has 2 rings (SSSR count). The maximum Gasteiger partial charge on any atom is 0.416 e. The molecule has 0 bridgehead atoms. The molecule has 4 N–H and O–H groups in total. The number of hydrogen-bond donors (Lipinski definition) is 3. The number of nitrogen functional groups attached to an aromatic ring is 1. The van der Waals surface area contributed by atoms with Crippen LogP contribution in [0.5, 0.6) is 0 Å². The van der Waals surface area contributed by atoms with Gasteiger partial charge in [-0.1, -0.05) is 0 Å². The molecule has 0 atom stereocenters. The van der Waals surface area contributed by atoms with Crippen LogP contribution in [0.2, 0.25) is 0 Å². The number of anilines is 3. The number of benzene rings is 1. The van der Waals surface area contributed by atoms with Gasteiger partial charge in [0.2, 0.25) is 5.95 Å². The van der Waals surface area contributed by atoms with Gasteiger partial charge in [-0.25, -0.2) is 15.2 Å². The average molecular weight is 366 g/mol. The fraction of sp³-hybridized carbons (Fsp3) is 0.0909. The normalized spacial score (nSPS) is 11.3. The molecule has 0 unspecified atom stereocenters. The third kappa shape index (κ3) is 3.58. The first-order valence-corrected chi connectivity index (χ1v) is 6.23. The van der Waals surface area contributed by atoms with Crippen LogP contribution in [0.4, 0.5) is 35.0 Å². The van der Waals surface area contributed by atoms with Crippen molar-refractivity contribution < 1.29 is 17.6 Å². The van der Waals surface area contributed by atoms with Crippen molar-refractivity contribution in [3.63, 3.8) is 0 Å². The highest BCUT2D eigenvalue weighted by Gasteiger charge is 2.31. The summed E-state index contributed by atoms with van der Waals surface area (Å²) < 4.78 is 51.8. The quantitative estimate of drug-likeness (QED) is 0.441. The van der Waals surface area contributed by atoms with Crippen LogP contribution in [-0.4, -0.2) is 9.97 Å². The number of nitrogens with two attached hydrogens (primary N) is 1. The topological polar surface area (TPSA) is 75.9 Å². The first-order chi connectivity index (χ1) is 9.81. The molecule has 0 fully saturated rings. The molecule has 1 aromatic heterocycles. The highest BCUT2D eigenvalue weighted by atomic mass is 79.9. The lowest BCUT2D eigenvalue weighted by atomic mass is 10.2. The monoisotopic (exact) mass is 365 g/mol. The SMILES string of the molecule is NNc1ncc(Br)c(Nc2cc(C(F)(F)F)ccc2F)n1. The maximum atomic E-state index is 13.6. The highest BCUT2D eigenvalue weighted by Crippen LogP contribution is 2.33. The lowest BCUT2D eigenvalue weighted by molar-refractivity contribution is -0.137. The van der Waals surface area contributed by atoms with E-state index in [9.17, 15) is 17.6 Å². The lowest BCUT2D eigenvalue weighted by Gasteiger charge is -2.12. The first kappa shape index (κ1) is 15.4. The van der Waals surface area contributed by atoms with Crippen LogP contribution in [0.25, 0.3) is 0 Å². The second kappa shape index (κ2) is 5.82. The van der Waals surface area contributed by atoms with Crippen LogP contribution in [0.15, 0.2) is 28.9 Å². The molecule has 0 aliphatic rings. The van der Waals surface area contributed by atoms with E-state index < -0.39 is 17.6 Å². The van der Waals surface area contributed by atoms with E-state index in [1.165, 1.54) is 6.20 Å². The molecule has 0 aliphatic heterocycles. The number of halogens is 5. The van der Waals surface area contributed by atoms with Crippen LogP contribution in [-0.2, 0) is 6.18 Å². The molecule has 0 amide bonds. The average Bonchev–Trinajstić information content (AvgIpc) is 2.42. The van der Waals surface area contributed by atoms with Crippen LogP contribution in [0.1, 0.15) is 5.56 Å². The van der Waals surface area contributed by atoms with Crippen molar-refractivity contribution in [2.75, 3.05) is 10.7 Å². The Morgan fingerprint density at radius 3 is 2.57 bits per heavy atom. The molecule has 5 nitrogen and oxygen atoms in total. The smallest absolute Gasteiger partial charge is 0.337 e. The molecule has 112 valence electrons. The van der Waals surface area contributed by atoms with Gasteiger partial charge in [-0.15, -0.1) is 0 Å². The van der Waals surface area contributed by atoms with Gasteiger partial charge in [0.25, 0.3) is 0 Å². The van der Waals surface area contributed by atoms with Gasteiger partial charge in [0.15, 0.2) is 5.82 Å². The minimum Gasteiger partial charge on any atom is -0.337 e. The molecule has 1 heterocycles. The van der Waals surface area contributed by atoms with Crippen molar-refractivity contribution in [2.45, 2.75) is 6.18 Å². The number of hydrazine groups is 1. The van der Waals surface area contributed by atoms with E-state index in [2.05, 4.69) is 36.6 Å². The van der Waals surface area contributed by atoms with Crippen molar-refractivity contribution >= 4 is 33.4 Å². The molecule has 0 aliphatic carbocycles. The summed E-state index contributed by atoms with van der Waals surface area (Å²) in [7, 11) is 0. The predicted molar refractivity (Wildman–Crippen MR) is 72.2 cm³/mol. The van der Waals surface area contributed by atoms with Crippen molar-refractivity contribution in [2.24, 2.45) is 5.84 Å². The number of rotatable bonds is 3.